The molecule has 1 unspecified atom stereocenters. The van der Waals surface area contributed by atoms with Crippen molar-refractivity contribution in [3.8, 4) is 0 Å². The molecular formula is C15H17N3O3. The van der Waals surface area contributed by atoms with Crippen LogP contribution in [0.1, 0.15) is 25.7 Å². The summed E-state index contributed by atoms with van der Waals surface area (Å²) in [6.45, 7) is 0. The van der Waals surface area contributed by atoms with Gasteiger partial charge in [0.1, 0.15) is 6.04 Å². The zero-order valence-corrected chi connectivity index (χ0v) is 11.5. The third-order valence-corrected chi connectivity index (χ3v) is 4.79. The van der Waals surface area contributed by atoms with Crippen molar-refractivity contribution in [3.05, 3.63) is 24.3 Å². The molecule has 6 heteroatoms. The van der Waals surface area contributed by atoms with Gasteiger partial charge in [-0.15, -0.1) is 0 Å². The van der Waals surface area contributed by atoms with Crippen molar-refractivity contribution in [3.63, 3.8) is 0 Å². The molecule has 1 aromatic heterocycles. The fourth-order valence-electron chi connectivity index (χ4n) is 3.65. The quantitative estimate of drug-likeness (QED) is 0.802. The van der Waals surface area contributed by atoms with Crippen molar-refractivity contribution in [2.24, 2.45) is 5.92 Å². The van der Waals surface area contributed by atoms with E-state index in [2.05, 4.69) is 15.8 Å². The van der Waals surface area contributed by atoms with Gasteiger partial charge in [0.15, 0.2) is 11.4 Å². The number of aliphatic carboxylic acids is 1. The first-order valence-corrected chi connectivity index (χ1v) is 7.30. The molecule has 6 nitrogen and oxygen atoms in total. The van der Waals surface area contributed by atoms with Gasteiger partial charge in [0.25, 0.3) is 0 Å². The highest BCUT2D eigenvalue weighted by molar-refractivity contribution is 5.88. The summed E-state index contributed by atoms with van der Waals surface area (Å²) in [5.74, 6) is 0.151. The van der Waals surface area contributed by atoms with E-state index in [9.17, 15) is 9.90 Å². The van der Waals surface area contributed by atoms with Gasteiger partial charge in [-0.1, -0.05) is 17.3 Å². The molecule has 2 aromatic rings. The SMILES string of the molecule is O=C(O)C1NC2(Nc3noc4ccccc34)CCC1CC2. The number of carboxylic acids is 1. The van der Waals surface area contributed by atoms with Gasteiger partial charge in [0, 0.05) is 0 Å². The summed E-state index contributed by atoms with van der Waals surface area (Å²) in [6.07, 6.45) is 3.66. The highest BCUT2D eigenvalue weighted by Crippen LogP contribution is 2.41. The molecule has 21 heavy (non-hydrogen) atoms. The van der Waals surface area contributed by atoms with Gasteiger partial charge in [-0.3, -0.25) is 10.1 Å². The lowest BCUT2D eigenvalue weighted by molar-refractivity contribution is -0.144. The Bertz CT molecular complexity index is 688. The Morgan fingerprint density at radius 1 is 1.38 bits per heavy atom. The van der Waals surface area contributed by atoms with Crippen molar-refractivity contribution in [1.29, 1.82) is 0 Å². The summed E-state index contributed by atoms with van der Waals surface area (Å²) < 4.78 is 5.31. The molecule has 0 radical (unpaired) electrons. The largest absolute Gasteiger partial charge is 0.480 e. The molecule has 0 spiro atoms. The molecule has 2 aliphatic heterocycles. The number of hydrogen-bond acceptors (Lipinski definition) is 5. The van der Waals surface area contributed by atoms with Gasteiger partial charge in [-0.2, -0.15) is 0 Å². The van der Waals surface area contributed by atoms with Crippen LogP contribution < -0.4 is 10.6 Å². The lowest BCUT2D eigenvalue weighted by atomic mass is 9.72. The van der Waals surface area contributed by atoms with Crippen LogP contribution in [0.2, 0.25) is 0 Å². The molecular weight excluding hydrogens is 270 g/mol. The van der Waals surface area contributed by atoms with Crippen LogP contribution in [0.5, 0.6) is 0 Å². The smallest absolute Gasteiger partial charge is 0.321 e. The van der Waals surface area contributed by atoms with Crippen molar-refractivity contribution in [1.82, 2.24) is 10.5 Å². The van der Waals surface area contributed by atoms with Crippen LogP contribution in [0.4, 0.5) is 5.82 Å². The van der Waals surface area contributed by atoms with Crippen LogP contribution in [-0.2, 0) is 4.79 Å². The molecule has 3 aliphatic rings. The number of nitrogens with one attached hydrogen (secondary N) is 2. The number of fused-ring (bicyclic) bond motifs is 4. The van der Waals surface area contributed by atoms with Gasteiger partial charge < -0.3 is 14.9 Å². The lowest BCUT2D eigenvalue weighted by Crippen LogP contribution is -2.67. The standard InChI is InChI=1S/C15H17N3O3/c19-14(20)12-9-5-7-15(16-12,8-6-9)17-13-10-3-1-2-4-11(10)21-18-13/h1-4,9,12,16H,5-8H2,(H,17,18)(H,19,20). The van der Waals surface area contributed by atoms with Crippen molar-refractivity contribution in [2.75, 3.05) is 5.32 Å². The van der Waals surface area contributed by atoms with Gasteiger partial charge in [-0.05, 0) is 43.7 Å². The molecule has 110 valence electrons. The van der Waals surface area contributed by atoms with Gasteiger partial charge >= 0.3 is 5.97 Å². The van der Waals surface area contributed by atoms with Crippen LogP contribution in [-0.4, -0.2) is 27.9 Å². The molecule has 1 saturated carbocycles. The van der Waals surface area contributed by atoms with E-state index in [1.54, 1.807) is 0 Å². The van der Waals surface area contributed by atoms with Crippen LogP contribution in [0.15, 0.2) is 28.8 Å². The number of aromatic nitrogens is 1. The normalized spacial score (nSPS) is 31.4. The number of carbonyl (C=O) groups is 1. The zero-order chi connectivity index (χ0) is 14.4. The molecule has 0 amide bonds. The van der Waals surface area contributed by atoms with Crippen molar-refractivity contribution >= 4 is 22.8 Å². The Kier molecular flexibility index (Phi) is 2.68. The summed E-state index contributed by atoms with van der Waals surface area (Å²) >= 11 is 0. The van der Waals surface area contributed by atoms with Crippen molar-refractivity contribution < 1.29 is 14.4 Å². The van der Waals surface area contributed by atoms with E-state index < -0.39 is 17.7 Å². The van der Waals surface area contributed by atoms with Crippen LogP contribution >= 0.6 is 0 Å². The second-order valence-electron chi connectivity index (χ2n) is 6.03. The fraction of sp³-hybridized carbons (Fsp3) is 0.467. The molecule has 2 saturated heterocycles. The van der Waals surface area contributed by atoms with E-state index in [0.29, 0.717) is 5.82 Å². The van der Waals surface area contributed by atoms with Crippen LogP contribution in [0, 0.1) is 5.92 Å². The van der Waals surface area contributed by atoms with E-state index >= 15 is 0 Å². The molecule has 2 bridgehead atoms. The molecule has 3 N–H and O–H groups in total. The minimum atomic E-state index is -0.768. The highest BCUT2D eigenvalue weighted by Gasteiger charge is 2.48. The lowest BCUT2D eigenvalue weighted by Gasteiger charge is -2.50. The fourth-order valence-corrected chi connectivity index (χ4v) is 3.65. The van der Waals surface area contributed by atoms with Gasteiger partial charge in [0.05, 0.1) is 11.0 Å². The van der Waals surface area contributed by atoms with E-state index in [1.807, 2.05) is 24.3 Å². The molecule has 1 atom stereocenters. The minimum absolute atomic E-state index is 0.236. The highest BCUT2D eigenvalue weighted by atomic mass is 16.5. The molecule has 5 rings (SSSR count). The number of para-hydroxylation sites is 1. The number of benzene rings is 1. The Morgan fingerprint density at radius 2 is 2.14 bits per heavy atom. The predicted molar refractivity (Wildman–Crippen MR) is 76.9 cm³/mol. The Labute approximate surface area is 121 Å². The van der Waals surface area contributed by atoms with Crippen molar-refractivity contribution in [2.45, 2.75) is 37.4 Å². The first kappa shape index (κ1) is 12.6. The van der Waals surface area contributed by atoms with E-state index in [4.69, 9.17) is 4.52 Å². The summed E-state index contributed by atoms with van der Waals surface area (Å²) in [7, 11) is 0. The third kappa shape index (κ3) is 1.98. The second kappa shape index (κ2) is 4.46. The summed E-state index contributed by atoms with van der Waals surface area (Å²) in [5.41, 5.74) is 0.341. The van der Waals surface area contributed by atoms with E-state index in [0.717, 1.165) is 36.7 Å². The zero-order valence-electron chi connectivity index (χ0n) is 11.5. The molecule has 1 aromatic carbocycles. The minimum Gasteiger partial charge on any atom is -0.480 e. The summed E-state index contributed by atoms with van der Waals surface area (Å²) in [4.78, 5) is 11.4. The number of carboxylic acid groups (broad SMARTS) is 1. The maximum absolute atomic E-state index is 11.4. The number of nitrogens with zero attached hydrogens (tertiary/aromatic N) is 1. The molecule has 3 fully saturated rings. The number of piperidine rings is 2. The van der Waals surface area contributed by atoms with Crippen LogP contribution in [0.3, 0.4) is 0 Å². The average molecular weight is 287 g/mol. The van der Waals surface area contributed by atoms with Gasteiger partial charge in [0.2, 0.25) is 0 Å². The predicted octanol–water partition coefficient (Wildman–Crippen LogP) is 2.18. The maximum atomic E-state index is 11.4. The average Bonchev–Trinajstić information content (AvgIpc) is 2.91. The molecule has 3 heterocycles. The first-order valence-electron chi connectivity index (χ1n) is 7.30. The number of hydrogen-bond donors (Lipinski definition) is 3. The summed E-state index contributed by atoms with van der Waals surface area (Å²) in [6, 6.07) is 7.19. The Morgan fingerprint density at radius 3 is 2.90 bits per heavy atom. The van der Waals surface area contributed by atoms with E-state index in [-0.39, 0.29) is 5.92 Å². The van der Waals surface area contributed by atoms with E-state index in [1.165, 1.54) is 0 Å². The number of rotatable bonds is 3. The third-order valence-electron chi connectivity index (χ3n) is 4.79. The monoisotopic (exact) mass is 287 g/mol. The Balaban J connectivity index is 1.65. The van der Waals surface area contributed by atoms with Gasteiger partial charge in [-0.25, -0.2) is 0 Å². The second-order valence-corrected chi connectivity index (χ2v) is 6.03. The molecule has 1 aliphatic carbocycles. The summed E-state index contributed by atoms with van der Waals surface area (Å²) in [5, 5.41) is 21.1. The first-order chi connectivity index (χ1) is 10.2. The Hall–Kier alpha value is -2.08. The maximum Gasteiger partial charge on any atom is 0.321 e. The number of anilines is 1. The topological polar surface area (TPSA) is 87.4 Å². The van der Waals surface area contributed by atoms with Crippen LogP contribution in [0.25, 0.3) is 11.0 Å².